The zero-order valence-corrected chi connectivity index (χ0v) is 14.9. The van der Waals surface area contributed by atoms with Crippen molar-refractivity contribution >= 4 is 11.9 Å². The Kier molecular flexibility index (Phi) is 7.15. The van der Waals surface area contributed by atoms with E-state index in [2.05, 4.69) is 6.58 Å². The molecule has 0 aromatic heterocycles. The summed E-state index contributed by atoms with van der Waals surface area (Å²) in [6.07, 6.45) is 0.733. The molecule has 0 spiro atoms. The molecule has 0 saturated heterocycles. The summed E-state index contributed by atoms with van der Waals surface area (Å²) in [5.74, 6) is 0.0969. The van der Waals surface area contributed by atoms with Gasteiger partial charge in [0.15, 0.2) is 0 Å². The summed E-state index contributed by atoms with van der Waals surface area (Å²) < 4.78 is 15.4. The number of esters is 2. The highest BCUT2D eigenvalue weighted by molar-refractivity contribution is 5.86. The molecule has 27 heavy (non-hydrogen) atoms. The minimum Gasteiger partial charge on any atom is -0.457 e. The van der Waals surface area contributed by atoms with Gasteiger partial charge in [-0.25, -0.2) is 4.79 Å². The van der Waals surface area contributed by atoms with Crippen LogP contribution >= 0.6 is 0 Å². The van der Waals surface area contributed by atoms with E-state index in [9.17, 15) is 9.59 Å². The van der Waals surface area contributed by atoms with E-state index in [1.807, 2.05) is 18.2 Å². The summed E-state index contributed by atoms with van der Waals surface area (Å²) in [4.78, 5) is 23.1. The van der Waals surface area contributed by atoms with Gasteiger partial charge in [-0.3, -0.25) is 4.79 Å². The van der Waals surface area contributed by atoms with E-state index in [0.717, 1.165) is 5.56 Å². The van der Waals surface area contributed by atoms with E-state index in [-0.39, 0.29) is 19.2 Å². The molecule has 0 bridgehead atoms. The monoisotopic (exact) mass is 365 g/mol. The lowest BCUT2D eigenvalue weighted by molar-refractivity contribution is -0.145. The SMILES string of the molecule is C=C(C)C(=O)OCOc1ccc(CCC(=O)Oc2ccc(C#N)cc2)cc1. The first kappa shape index (κ1) is 19.7. The Balaban J connectivity index is 1.75. The standard InChI is InChI=1S/C21H19NO5/c1-15(2)21(24)26-14-25-18-8-3-16(4-9-18)7-12-20(23)27-19-10-5-17(13-22)6-11-19/h3-6,8-11H,1,7,12,14H2,2H3. The van der Waals surface area contributed by atoms with Gasteiger partial charge in [0.25, 0.3) is 0 Å². The highest BCUT2D eigenvalue weighted by Crippen LogP contribution is 2.15. The topological polar surface area (TPSA) is 85.6 Å². The Hall–Kier alpha value is -3.59. The Labute approximate surface area is 157 Å². The molecule has 0 saturated carbocycles. The average molecular weight is 365 g/mol. The number of carbonyl (C=O) groups excluding carboxylic acids is 2. The molecule has 0 atom stereocenters. The number of rotatable bonds is 8. The number of hydrogen-bond acceptors (Lipinski definition) is 6. The fourth-order valence-corrected chi connectivity index (χ4v) is 2.05. The van der Waals surface area contributed by atoms with Crippen LogP contribution < -0.4 is 9.47 Å². The van der Waals surface area contributed by atoms with Crippen LogP contribution in [0.5, 0.6) is 11.5 Å². The first-order valence-corrected chi connectivity index (χ1v) is 8.23. The van der Waals surface area contributed by atoms with Gasteiger partial charge in [-0.05, 0) is 55.3 Å². The van der Waals surface area contributed by atoms with E-state index >= 15 is 0 Å². The molecule has 0 aliphatic rings. The van der Waals surface area contributed by atoms with Gasteiger partial charge in [0.05, 0.1) is 11.6 Å². The Bertz CT molecular complexity index is 848. The highest BCUT2D eigenvalue weighted by Gasteiger charge is 2.07. The summed E-state index contributed by atoms with van der Waals surface area (Å²) in [7, 11) is 0. The maximum atomic E-state index is 11.9. The molecule has 0 aliphatic heterocycles. The van der Waals surface area contributed by atoms with Gasteiger partial charge >= 0.3 is 11.9 Å². The van der Waals surface area contributed by atoms with Crippen LogP contribution in [0.3, 0.4) is 0 Å². The van der Waals surface area contributed by atoms with Gasteiger partial charge in [-0.15, -0.1) is 0 Å². The molecule has 0 aliphatic carbocycles. The Morgan fingerprint density at radius 3 is 2.26 bits per heavy atom. The fraction of sp³-hybridized carbons (Fsp3) is 0.190. The molecule has 0 amide bonds. The first-order chi connectivity index (χ1) is 13.0. The molecule has 138 valence electrons. The molecule has 2 aromatic carbocycles. The van der Waals surface area contributed by atoms with E-state index < -0.39 is 5.97 Å². The minimum absolute atomic E-state index is 0.193. The molecule has 6 heteroatoms. The molecule has 0 unspecified atom stereocenters. The Morgan fingerprint density at radius 1 is 1.04 bits per heavy atom. The molecular formula is C21H19NO5. The smallest absolute Gasteiger partial charge is 0.335 e. The number of carbonyl (C=O) groups is 2. The number of benzene rings is 2. The van der Waals surface area contributed by atoms with Gasteiger partial charge in [-0.1, -0.05) is 18.7 Å². The maximum Gasteiger partial charge on any atom is 0.335 e. The largest absolute Gasteiger partial charge is 0.457 e. The van der Waals surface area contributed by atoms with Gasteiger partial charge in [0.1, 0.15) is 11.5 Å². The summed E-state index contributed by atoms with van der Waals surface area (Å²) in [5, 5.41) is 8.74. The van der Waals surface area contributed by atoms with Crippen molar-refractivity contribution in [2.24, 2.45) is 0 Å². The molecule has 6 nitrogen and oxygen atoms in total. The number of hydrogen-bond donors (Lipinski definition) is 0. The predicted molar refractivity (Wildman–Crippen MR) is 98.0 cm³/mol. The molecule has 0 radical (unpaired) electrons. The molecule has 0 fully saturated rings. The third-order valence-electron chi connectivity index (χ3n) is 3.52. The number of nitrogens with zero attached hydrogens (tertiary/aromatic N) is 1. The van der Waals surface area contributed by atoms with Gasteiger partial charge in [-0.2, -0.15) is 5.26 Å². The second kappa shape index (κ2) is 9.78. The van der Waals surface area contributed by atoms with Crippen molar-refractivity contribution in [1.29, 1.82) is 5.26 Å². The van der Waals surface area contributed by atoms with Gasteiger partial charge in [0.2, 0.25) is 6.79 Å². The van der Waals surface area contributed by atoms with Crippen molar-refractivity contribution < 1.29 is 23.8 Å². The minimum atomic E-state index is -0.507. The van der Waals surface area contributed by atoms with E-state index in [1.165, 1.54) is 0 Å². The number of nitriles is 1. The molecular weight excluding hydrogens is 346 g/mol. The summed E-state index contributed by atoms with van der Waals surface area (Å²) in [5.41, 5.74) is 1.76. The van der Waals surface area contributed by atoms with Crippen LogP contribution in [0.15, 0.2) is 60.7 Å². The van der Waals surface area contributed by atoms with Crippen molar-refractivity contribution in [2.75, 3.05) is 6.79 Å². The molecule has 2 rings (SSSR count). The normalized spacial score (nSPS) is 9.78. The van der Waals surface area contributed by atoms with E-state index in [4.69, 9.17) is 19.5 Å². The highest BCUT2D eigenvalue weighted by atomic mass is 16.7. The van der Waals surface area contributed by atoms with Crippen molar-refractivity contribution in [3.63, 3.8) is 0 Å². The lowest BCUT2D eigenvalue weighted by atomic mass is 10.1. The van der Waals surface area contributed by atoms with Crippen LogP contribution in [0.1, 0.15) is 24.5 Å². The van der Waals surface area contributed by atoms with Crippen molar-refractivity contribution in [3.05, 3.63) is 71.8 Å². The van der Waals surface area contributed by atoms with Crippen LogP contribution in [0, 0.1) is 11.3 Å². The molecule has 2 aromatic rings. The lowest BCUT2D eigenvalue weighted by Crippen LogP contribution is -2.10. The first-order valence-electron chi connectivity index (χ1n) is 8.23. The van der Waals surface area contributed by atoms with E-state index in [1.54, 1.807) is 43.3 Å². The maximum absolute atomic E-state index is 11.9. The van der Waals surface area contributed by atoms with Gasteiger partial charge < -0.3 is 14.2 Å². The van der Waals surface area contributed by atoms with Crippen molar-refractivity contribution in [2.45, 2.75) is 19.8 Å². The van der Waals surface area contributed by atoms with E-state index in [0.29, 0.717) is 29.1 Å². The second-order valence-corrected chi connectivity index (χ2v) is 5.73. The summed E-state index contributed by atoms with van der Waals surface area (Å²) in [6.45, 7) is 4.85. The zero-order valence-electron chi connectivity index (χ0n) is 14.9. The third kappa shape index (κ3) is 6.67. The number of aryl methyl sites for hydroxylation is 1. The average Bonchev–Trinajstić information content (AvgIpc) is 2.67. The second-order valence-electron chi connectivity index (χ2n) is 5.73. The van der Waals surface area contributed by atoms with Crippen LogP contribution in [0.2, 0.25) is 0 Å². The van der Waals surface area contributed by atoms with Crippen molar-refractivity contribution in [1.82, 2.24) is 0 Å². The molecule has 0 N–H and O–H groups in total. The number of ether oxygens (including phenoxy) is 3. The summed E-state index contributed by atoms with van der Waals surface area (Å²) >= 11 is 0. The van der Waals surface area contributed by atoms with Crippen LogP contribution in [-0.2, 0) is 20.7 Å². The Morgan fingerprint density at radius 2 is 1.67 bits per heavy atom. The summed E-state index contributed by atoms with van der Waals surface area (Å²) in [6, 6.07) is 15.5. The molecule has 0 heterocycles. The predicted octanol–water partition coefficient (Wildman–Crippen LogP) is 3.55. The lowest BCUT2D eigenvalue weighted by Gasteiger charge is -2.08. The fourth-order valence-electron chi connectivity index (χ4n) is 2.05. The van der Waals surface area contributed by atoms with Crippen LogP contribution in [-0.4, -0.2) is 18.7 Å². The third-order valence-corrected chi connectivity index (χ3v) is 3.52. The quantitative estimate of drug-likeness (QED) is 0.308. The van der Waals surface area contributed by atoms with Crippen LogP contribution in [0.25, 0.3) is 0 Å². The van der Waals surface area contributed by atoms with Crippen molar-refractivity contribution in [3.8, 4) is 17.6 Å². The van der Waals surface area contributed by atoms with Gasteiger partial charge in [0, 0.05) is 12.0 Å². The zero-order chi connectivity index (χ0) is 19.6. The van der Waals surface area contributed by atoms with Crippen LogP contribution in [0.4, 0.5) is 0 Å².